The Morgan fingerprint density at radius 2 is 2.10 bits per heavy atom. The second kappa shape index (κ2) is 9.57. The first-order valence-electron chi connectivity index (χ1n) is 9.96. The number of rotatable bonds is 1. The second-order valence-electron chi connectivity index (χ2n) is 6.96. The number of hydrogen-bond acceptors (Lipinski definition) is 8. The van der Waals surface area contributed by atoms with Crippen LogP contribution in [-0.4, -0.2) is 42.1 Å². The first kappa shape index (κ1) is 20.8. The number of carbonyl (C=O) groups excluding carboxylic acids is 2. The summed E-state index contributed by atoms with van der Waals surface area (Å²) in [5.74, 6) is 0.403. The van der Waals surface area contributed by atoms with E-state index in [0.29, 0.717) is 23.6 Å². The average Bonchev–Trinajstić information content (AvgIpc) is 3.29. The van der Waals surface area contributed by atoms with Crippen LogP contribution in [0.25, 0.3) is 10.6 Å². The number of methoxy groups -OCH3 is 1. The van der Waals surface area contributed by atoms with Crippen LogP contribution in [0.2, 0.25) is 0 Å². The molecule has 4 rings (SSSR count). The summed E-state index contributed by atoms with van der Waals surface area (Å²) in [6.07, 6.45) is 4.54. The van der Waals surface area contributed by atoms with Gasteiger partial charge in [-0.15, -0.1) is 11.3 Å². The van der Waals surface area contributed by atoms with Gasteiger partial charge in [-0.1, -0.05) is 0 Å². The maximum Gasteiger partial charge on any atom is 0.337 e. The van der Waals surface area contributed by atoms with Gasteiger partial charge in [0.25, 0.3) is 5.91 Å². The van der Waals surface area contributed by atoms with Gasteiger partial charge < -0.3 is 20.1 Å². The molecular formula is C22H22N4O4S. The fraction of sp³-hybridized carbons (Fsp3) is 0.273. The fourth-order valence-electron chi connectivity index (χ4n) is 3.16. The van der Waals surface area contributed by atoms with Gasteiger partial charge >= 0.3 is 5.97 Å². The number of benzene rings is 1. The highest BCUT2D eigenvalue weighted by Gasteiger charge is 2.17. The molecule has 0 saturated heterocycles. The number of amides is 1. The summed E-state index contributed by atoms with van der Waals surface area (Å²) >= 11 is 1.38. The van der Waals surface area contributed by atoms with E-state index in [-0.39, 0.29) is 11.6 Å². The summed E-state index contributed by atoms with van der Waals surface area (Å²) in [5.41, 5.74) is 1.90. The normalized spacial score (nSPS) is 14.3. The first-order chi connectivity index (χ1) is 15.1. The first-order valence-corrected chi connectivity index (χ1v) is 10.8. The number of ether oxygens (including phenoxy) is 2. The van der Waals surface area contributed by atoms with Crippen molar-refractivity contribution in [3.05, 3.63) is 53.2 Å². The van der Waals surface area contributed by atoms with E-state index >= 15 is 0 Å². The van der Waals surface area contributed by atoms with Crippen molar-refractivity contribution in [2.75, 3.05) is 30.9 Å². The Labute approximate surface area is 183 Å². The number of pyridine rings is 1. The summed E-state index contributed by atoms with van der Waals surface area (Å²) < 4.78 is 10.7. The van der Waals surface area contributed by atoms with Gasteiger partial charge in [0.1, 0.15) is 22.3 Å². The molecule has 0 atom stereocenters. The molecular weight excluding hydrogens is 416 g/mol. The Bertz CT molecular complexity index is 1100. The molecule has 2 aromatic heterocycles. The SMILES string of the molecule is COC(=O)c1ccc2c(c1)NC(=O)c1csc(n1)-c1ccnc(c1)NCCCCCO2. The van der Waals surface area contributed by atoms with Gasteiger partial charge in [0.15, 0.2) is 0 Å². The van der Waals surface area contributed by atoms with Gasteiger partial charge in [-0.2, -0.15) is 0 Å². The quantitative estimate of drug-likeness (QED) is 0.549. The van der Waals surface area contributed by atoms with E-state index in [1.54, 1.807) is 29.8 Å². The summed E-state index contributed by atoms with van der Waals surface area (Å²) in [4.78, 5) is 33.6. The predicted octanol–water partition coefficient (Wildman–Crippen LogP) is 4.22. The van der Waals surface area contributed by atoms with Crippen molar-refractivity contribution in [1.82, 2.24) is 9.97 Å². The molecule has 1 aliphatic rings. The van der Waals surface area contributed by atoms with E-state index in [9.17, 15) is 9.59 Å². The van der Waals surface area contributed by atoms with Crippen molar-refractivity contribution in [3.63, 3.8) is 0 Å². The molecule has 0 aliphatic carbocycles. The smallest absolute Gasteiger partial charge is 0.337 e. The molecule has 8 nitrogen and oxygen atoms in total. The van der Waals surface area contributed by atoms with E-state index in [4.69, 9.17) is 9.47 Å². The average molecular weight is 439 g/mol. The summed E-state index contributed by atoms with van der Waals surface area (Å²) in [6.45, 7) is 1.30. The van der Waals surface area contributed by atoms with Crippen molar-refractivity contribution in [2.45, 2.75) is 19.3 Å². The summed E-state index contributed by atoms with van der Waals surface area (Å²) in [7, 11) is 1.31. The van der Waals surface area contributed by atoms with E-state index in [0.717, 1.165) is 42.2 Å². The number of fused-ring (bicyclic) bond motifs is 6. The molecule has 1 aromatic carbocycles. The number of thiazole rings is 1. The summed E-state index contributed by atoms with van der Waals surface area (Å²) in [5, 5.41) is 8.57. The Kier molecular flexibility index (Phi) is 6.42. The zero-order valence-electron chi connectivity index (χ0n) is 17.0. The zero-order valence-corrected chi connectivity index (χ0v) is 17.8. The van der Waals surface area contributed by atoms with Crippen LogP contribution < -0.4 is 15.4 Å². The highest BCUT2D eigenvalue weighted by Crippen LogP contribution is 2.29. The molecule has 1 amide bonds. The van der Waals surface area contributed by atoms with Crippen molar-refractivity contribution < 1.29 is 19.1 Å². The number of carbonyl (C=O) groups is 2. The zero-order chi connectivity index (χ0) is 21.6. The molecule has 0 radical (unpaired) electrons. The van der Waals surface area contributed by atoms with Crippen molar-refractivity contribution in [2.24, 2.45) is 0 Å². The number of hydrogen-bond donors (Lipinski definition) is 2. The lowest BCUT2D eigenvalue weighted by Crippen LogP contribution is -2.14. The van der Waals surface area contributed by atoms with Gasteiger partial charge in [0, 0.05) is 23.7 Å². The molecule has 3 aromatic rings. The molecule has 1 aliphatic heterocycles. The van der Waals surface area contributed by atoms with Gasteiger partial charge in [0.2, 0.25) is 0 Å². The van der Waals surface area contributed by atoms with Crippen LogP contribution in [0.1, 0.15) is 40.1 Å². The Balaban J connectivity index is 1.66. The topological polar surface area (TPSA) is 102 Å². The minimum absolute atomic E-state index is 0.282. The number of aromatic nitrogens is 2. The van der Waals surface area contributed by atoms with Crippen LogP contribution in [0.15, 0.2) is 41.9 Å². The Hall–Kier alpha value is -3.46. The predicted molar refractivity (Wildman–Crippen MR) is 119 cm³/mol. The number of nitrogens with one attached hydrogen (secondary N) is 2. The monoisotopic (exact) mass is 438 g/mol. The van der Waals surface area contributed by atoms with E-state index < -0.39 is 5.97 Å². The molecule has 31 heavy (non-hydrogen) atoms. The minimum Gasteiger partial charge on any atom is -0.491 e. The fourth-order valence-corrected chi connectivity index (χ4v) is 3.96. The molecule has 4 bridgehead atoms. The van der Waals surface area contributed by atoms with Crippen LogP contribution in [0, 0.1) is 0 Å². The van der Waals surface area contributed by atoms with Gasteiger partial charge in [-0.05, 0) is 49.6 Å². The molecule has 0 spiro atoms. The van der Waals surface area contributed by atoms with E-state index in [1.165, 1.54) is 18.4 Å². The molecule has 2 N–H and O–H groups in total. The largest absolute Gasteiger partial charge is 0.491 e. The molecule has 3 heterocycles. The lowest BCUT2D eigenvalue weighted by molar-refractivity contribution is 0.0600. The third kappa shape index (κ3) is 5.00. The van der Waals surface area contributed by atoms with Crippen molar-refractivity contribution >= 4 is 34.7 Å². The number of anilines is 2. The third-order valence-electron chi connectivity index (χ3n) is 4.78. The van der Waals surface area contributed by atoms with Crippen LogP contribution >= 0.6 is 11.3 Å². The maximum atomic E-state index is 12.9. The Morgan fingerprint density at radius 1 is 1.19 bits per heavy atom. The molecule has 160 valence electrons. The van der Waals surface area contributed by atoms with Crippen LogP contribution in [0.5, 0.6) is 5.75 Å². The highest BCUT2D eigenvalue weighted by atomic mass is 32.1. The van der Waals surface area contributed by atoms with Crippen molar-refractivity contribution in [3.8, 4) is 16.3 Å². The number of nitrogens with zero attached hydrogens (tertiary/aromatic N) is 2. The lowest BCUT2D eigenvalue weighted by atomic mass is 10.1. The van der Waals surface area contributed by atoms with Crippen molar-refractivity contribution in [1.29, 1.82) is 0 Å². The molecule has 9 heteroatoms. The van der Waals surface area contributed by atoms with E-state index in [2.05, 4.69) is 20.6 Å². The van der Waals surface area contributed by atoms with Gasteiger partial charge in [-0.3, -0.25) is 4.79 Å². The van der Waals surface area contributed by atoms with E-state index in [1.807, 2.05) is 12.1 Å². The van der Waals surface area contributed by atoms with Gasteiger partial charge in [-0.25, -0.2) is 14.8 Å². The molecule has 0 unspecified atom stereocenters. The maximum absolute atomic E-state index is 12.9. The molecule has 0 saturated carbocycles. The standard InChI is InChI=1S/C22H22N4O4S/c1-29-22(28)15-5-6-18-16(11-15)25-20(27)17-13-31-21(26-17)14-7-9-24-19(12-14)23-8-3-2-4-10-30-18/h5-7,9,11-13H,2-4,8,10H2,1H3,(H,23,24)(H,25,27). The molecule has 0 fully saturated rings. The van der Waals surface area contributed by atoms with Crippen LogP contribution in [0.3, 0.4) is 0 Å². The van der Waals surface area contributed by atoms with Gasteiger partial charge in [0.05, 0.1) is 25.0 Å². The third-order valence-corrected chi connectivity index (χ3v) is 5.67. The van der Waals surface area contributed by atoms with Crippen LogP contribution in [-0.2, 0) is 4.74 Å². The second-order valence-corrected chi connectivity index (χ2v) is 7.82. The highest BCUT2D eigenvalue weighted by molar-refractivity contribution is 7.13. The summed E-state index contributed by atoms with van der Waals surface area (Å²) in [6, 6.07) is 8.63. The van der Waals surface area contributed by atoms with Crippen LogP contribution in [0.4, 0.5) is 11.5 Å². The minimum atomic E-state index is -0.489. The lowest BCUT2D eigenvalue weighted by Gasteiger charge is -2.13. The number of esters is 1. The Morgan fingerprint density at radius 3 is 2.97 bits per heavy atom.